The zero-order valence-corrected chi connectivity index (χ0v) is 12.4. The number of hydrazine groups is 1. The summed E-state index contributed by atoms with van der Waals surface area (Å²) in [5, 5.41) is 16.2. The number of aromatic nitrogens is 3. The van der Waals surface area contributed by atoms with Crippen LogP contribution >= 0.6 is 0 Å². The molecule has 0 fully saturated rings. The summed E-state index contributed by atoms with van der Waals surface area (Å²) in [6.45, 7) is 0. The maximum Gasteiger partial charge on any atom is 0.272 e. The first-order chi connectivity index (χ1) is 11.7. The molecule has 0 aliphatic heterocycles. The van der Waals surface area contributed by atoms with Gasteiger partial charge in [-0.3, -0.25) is 20.4 Å². The number of nitrogens with zero attached hydrogens (tertiary/aromatic N) is 3. The van der Waals surface area contributed by atoms with Gasteiger partial charge in [0, 0.05) is 11.6 Å². The lowest BCUT2D eigenvalue weighted by Crippen LogP contribution is -2.31. The van der Waals surface area contributed by atoms with Crippen molar-refractivity contribution >= 4 is 22.5 Å². The van der Waals surface area contributed by atoms with Gasteiger partial charge in [0.05, 0.1) is 23.1 Å². The predicted octanol–water partition coefficient (Wildman–Crippen LogP) is 0.876. The van der Waals surface area contributed by atoms with E-state index < -0.39 is 0 Å². The Hall–Kier alpha value is -3.73. The lowest BCUT2D eigenvalue weighted by Gasteiger charge is -2.08. The van der Waals surface area contributed by atoms with Gasteiger partial charge in [-0.15, -0.1) is 0 Å². The second kappa shape index (κ2) is 6.58. The van der Waals surface area contributed by atoms with Gasteiger partial charge in [-0.05, 0) is 18.2 Å². The smallest absolute Gasteiger partial charge is 0.272 e. The molecule has 1 amide bonds. The molecular formula is C16H12N6O2. The van der Waals surface area contributed by atoms with Gasteiger partial charge in [-0.2, -0.15) is 10.4 Å². The van der Waals surface area contributed by atoms with E-state index >= 15 is 0 Å². The molecule has 8 nitrogen and oxygen atoms in total. The van der Waals surface area contributed by atoms with E-state index in [0.29, 0.717) is 27.8 Å². The number of rotatable bonds is 4. The quantitative estimate of drug-likeness (QED) is 0.613. The molecule has 0 aliphatic rings. The number of benzene rings is 1. The Labute approximate surface area is 136 Å². The van der Waals surface area contributed by atoms with E-state index in [4.69, 9.17) is 5.26 Å². The van der Waals surface area contributed by atoms with Crippen molar-refractivity contribution in [2.45, 2.75) is 6.42 Å². The Morgan fingerprint density at radius 2 is 2.00 bits per heavy atom. The fourth-order valence-electron chi connectivity index (χ4n) is 2.17. The van der Waals surface area contributed by atoms with Gasteiger partial charge in [0.25, 0.3) is 5.56 Å². The number of aromatic amines is 1. The van der Waals surface area contributed by atoms with Gasteiger partial charge >= 0.3 is 0 Å². The van der Waals surface area contributed by atoms with Crippen LogP contribution in [0.15, 0.2) is 47.4 Å². The molecule has 0 atom stereocenters. The van der Waals surface area contributed by atoms with Gasteiger partial charge in [0.2, 0.25) is 5.91 Å². The maximum absolute atomic E-state index is 12.1. The third-order valence-electron chi connectivity index (χ3n) is 3.33. The van der Waals surface area contributed by atoms with E-state index in [1.165, 1.54) is 6.20 Å². The molecule has 0 saturated carbocycles. The third-order valence-corrected chi connectivity index (χ3v) is 3.33. The van der Waals surface area contributed by atoms with Crippen LogP contribution < -0.4 is 16.4 Å². The molecule has 3 N–H and O–H groups in total. The number of nitrogens with one attached hydrogen (secondary N) is 3. The van der Waals surface area contributed by atoms with Crippen molar-refractivity contribution in [2.75, 3.05) is 5.43 Å². The normalized spacial score (nSPS) is 10.1. The molecule has 2 heterocycles. The highest BCUT2D eigenvalue weighted by Crippen LogP contribution is 2.12. The summed E-state index contributed by atoms with van der Waals surface area (Å²) in [5.41, 5.74) is 5.75. The van der Waals surface area contributed by atoms with Gasteiger partial charge < -0.3 is 0 Å². The van der Waals surface area contributed by atoms with Gasteiger partial charge in [-0.1, -0.05) is 18.2 Å². The van der Waals surface area contributed by atoms with Crippen LogP contribution in [0.25, 0.3) is 10.8 Å². The lowest BCUT2D eigenvalue weighted by molar-refractivity contribution is -0.120. The first kappa shape index (κ1) is 15.2. The third kappa shape index (κ3) is 3.20. The Kier molecular flexibility index (Phi) is 4.16. The zero-order valence-electron chi connectivity index (χ0n) is 12.4. The molecule has 0 saturated heterocycles. The summed E-state index contributed by atoms with van der Waals surface area (Å²) < 4.78 is 0. The van der Waals surface area contributed by atoms with Crippen molar-refractivity contribution in [3.05, 3.63) is 64.2 Å². The molecule has 0 aliphatic carbocycles. The number of anilines is 1. The molecule has 0 spiro atoms. The zero-order chi connectivity index (χ0) is 16.9. The minimum absolute atomic E-state index is 0.0133. The van der Waals surface area contributed by atoms with Crippen LogP contribution in [0.2, 0.25) is 0 Å². The number of nitriles is 1. The molecule has 0 unspecified atom stereocenters. The molecule has 118 valence electrons. The van der Waals surface area contributed by atoms with Gasteiger partial charge in [0.1, 0.15) is 11.9 Å². The van der Waals surface area contributed by atoms with Crippen molar-refractivity contribution in [3.8, 4) is 6.07 Å². The van der Waals surface area contributed by atoms with Gasteiger partial charge in [0.15, 0.2) is 0 Å². The molecule has 24 heavy (non-hydrogen) atoms. The standard InChI is InChI=1S/C16H12N6O2/c17-8-10-5-6-14(18-9-10)20-21-15(23)7-13-11-3-1-2-4-12(11)16(24)22-19-13/h1-6,9H,7H2,(H,18,20)(H,21,23)(H,22,24). The minimum Gasteiger partial charge on any atom is -0.282 e. The van der Waals surface area contributed by atoms with Crippen molar-refractivity contribution < 1.29 is 4.79 Å². The molecular weight excluding hydrogens is 308 g/mol. The van der Waals surface area contributed by atoms with E-state index in [-0.39, 0.29) is 17.9 Å². The van der Waals surface area contributed by atoms with Crippen LogP contribution in [0.4, 0.5) is 5.82 Å². The summed E-state index contributed by atoms with van der Waals surface area (Å²) >= 11 is 0. The number of carbonyl (C=O) groups is 1. The Bertz CT molecular complexity index is 988. The van der Waals surface area contributed by atoms with Crippen LogP contribution in [0.1, 0.15) is 11.3 Å². The number of pyridine rings is 1. The molecule has 8 heteroatoms. The second-order valence-corrected chi connectivity index (χ2v) is 4.94. The van der Waals surface area contributed by atoms with E-state index in [2.05, 4.69) is 26.0 Å². The fraction of sp³-hybridized carbons (Fsp3) is 0.0625. The number of hydrogen-bond acceptors (Lipinski definition) is 6. The summed E-state index contributed by atoms with van der Waals surface area (Å²) in [6.07, 6.45) is 1.38. The van der Waals surface area contributed by atoms with Gasteiger partial charge in [-0.25, -0.2) is 10.1 Å². The van der Waals surface area contributed by atoms with E-state index in [0.717, 1.165) is 0 Å². The van der Waals surface area contributed by atoms with Crippen LogP contribution in [0.3, 0.4) is 0 Å². The molecule has 3 rings (SSSR count). The average molecular weight is 320 g/mol. The monoisotopic (exact) mass is 320 g/mol. The number of amides is 1. The maximum atomic E-state index is 12.1. The minimum atomic E-state index is -0.342. The Balaban J connectivity index is 1.70. The number of fused-ring (bicyclic) bond motifs is 1. The van der Waals surface area contributed by atoms with Crippen molar-refractivity contribution in [1.82, 2.24) is 20.6 Å². The predicted molar refractivity (Wildman–Crippen MR) is 86.8 cm³/mol. The average Bonchev–Trinajstić information content (AvgIpc) is 2.63. The SMILES string of the molecule is N#Cc1ccc(NNC(=O)Cc2n[nH]c(=O)c3ccccc23)nc1. The number of H-pyrrole nitrogens is 1. The van der Waals surface area contributed by atoms with Crippen LogP contribution in [0, 0.1) is 11.3 Å². The first-order valence-corrected chi connectivity index (χ1v) is 7.04. The van der Waals surface area contributed by atoms with Crippen molar-refractivity contribution in [1.29, 1.82) is 5.26 Å². The number of hydrogen-bond donors (Lipinski definition) is 3. The summed E-state index contributed by atoms with van der Waals surface area (Å²) in [6, 6.07) is 12.1. The van der Waals surface area contributed by atoms with Crippen LogP contribution in [-0.4, -0.2) is 21.1 Å². The molecule has 1 aromatic carbocycles. The van der Waals surface area contributed by atoms with E-state index in [1.807, 2.05) is 6.07 Å². The van der Waals surface area contributed by atoms with Crippen LogP contribution in [0.5, 0.6) is 0 Å². The van der Waals surface area contributed by atoms with E-state index in [1.54, 1.807) is 36.4 Å². The molecule has 3 aromatic rings. The van der Waals surface area contributed by atoms with Crippen molar-refractivity contribution in [2.24, 2.45) is 0 Å². The van der Waals surface area contributed by atoms with E-state index in [9.17, 15) is 9.59 Å². The molecule has 0 bridgehead atoms. The Morgan fingerprint density at radius 3 is 2.71 bits per heavy atom. The molecule has 0 radical (unpaired) electrons. The number of carbonyl (C=O) groups excluding carboxylic acids is 1. The first-order valence-electron chi connectivity index (χ1n) is 7.04. The highest BCUT2D eigenvalue weighted by molar-refractivity contribution is 5.88. The second-order valence-electron chi connectivity index (χ2n) is 4.94. The Morgan fingerprint density at radius 1 is 1.21 bits per heavy atom. The molecule has 2 aromatic heterocycles. The lowest BCUT2D eigenvalue weighted by atomic mass is 10.1. The highest BCUT2D eigenvalue weighted by atomic mass is 16.2. The highest BCUT2D eigenvalue weighted by Gasteiger charge is 2.10. The summed E-state index contributed by atoms with van der Waals surface area (Å²) in [7, 11) is 0. The van der Waals surface area contributed by atoms with Crippen molar-refractivity contribution in [3.63, 3.8) is 0 Å². The summed E-state index contributed by atoms with van der Waals surface area (Å²) in [4.78, 5) is 27.7. The topological polar surface area (TPSA) is 124 Å². The largest absolute Gasteiger partial charge is 0.282 e. The fourth-order valence-corrected chi connectivity index (χ4v) is 2.17. The summed E-state index contributed by atoms with van der Waals surface area (Å²) in [5.74, 6) is 0.0625. The van der Waals surface area contributed by atoms with Crippen LogP contribution in [-0.2, 0) is 11.2 Å².